The van der Waals surface area contributed by atoms with Gasteiger partial charge in [-0.15, -0.1) is 0 Å². The van der Waals surface area contributed by atoms with Crippen LogP contribution in [0.15, 0.2) is 47.6 Å². The predicted octanol–water partition coefficient (Wildman–Crippen LogP) is 2.20. The summed E-state index contributed by atoms with van der Waals surface area (Å²) in [4.78, 5) is 10.7. The van der Waals surface area contributed by atoms with E-state index in [4.69, 9.17) is 4.74 Å². The Hall–Kier alpha value is -2.82. The number of hydrogen-bond acceptors (Lipinski definition) is 5. The van der Waals surface area contributed by atoms with Gasteiger partial charge in [-0.05, 0) is 43.7 Å². The molecule has 2 aromatic carbocycles. The van der Waals surface area contributed by atoms with E-state index in [2.05, 4.69) is 10.5 Å². The number of hydrazone groups is 1. The Balaban J connectivity index is 2.19. The topological polar surface area (TPSA) is 73.8 Å². The SMILES string of the molecule is COc1ccc(C)cc1/C(C)=N\Nc1ccc(C(=O)[O-])cc1. The number of hydrogen-bond donors (Lipinski definition) is 1. The second-order valence-corrected chi connectivity index (χ2v) is 4.88. The lowest BCUT2D eigenvalue weighted by Crippen LogP contribution is -2.21. The van der Waals surface area contributed by atoms with Gasteiger partial charge in [0.05, 0.1) is 24.5 Å². The molecule has 5 nitrogen and oxygen atoms in total. The van der Waals surface area contributed by atoms with Gasteiger partial charge in [-0.1, -0.05) is 23.8 Å². The quantitative estimate of drug-likeness (QED) is 0.678. The number of aromatic carboxylic acids is 1. The first kappa shape index (κ1) is 15.6. The fraction of sp³-hybridized carbons (Fsp3) is 0.176. The molecular weight excluding hydrogens is 280 g/mol. The molecule has 0 saturated heterocycles. The third-order valence-corrected chi connectivity index (χ3v) is 3.22. The Kier molecular flexibility index (Phi) is 4.78. The molecule has 0 spiro atoms. The average molecular weight is 297 g/mol. The molecule has 2 aromatic rings. The highest BCUT2D eigenvalue weighted by Gasteiger charge is 2.06. The van der Waals surface area contributed by atoms with Crippen molar-refractivity contribution in [3.8, 4) is 5.75 Å². The van der Waals surface area contributed by atoms with Crippen LogP contribution in [0, 0.1) is 6.92 Å². The first-order valence-electron chi connectivity index (χ1n) is 6.78. The summed E-state index contributed by atoms with van der Waals surface area (Å²) < 4.78 is 5.33. The third-order valence-electron chi connectivity index (χ3n) is 3.22. The zero-order valence-corrected chi connectivity index (χ0v) is 12.7. The minimum atomic E-state index is -1.20. The van der Waals surface area contributed by atoms with Crippen LogP contribution in [0.2, 0.25) is 0 Å². The van der Waals surface area contributed by atoms with Crippen LogP contribution in [-0.2, 0) is 0 Å². The Labute approximate surface area is 129 Å². The molecule has 0 atom stereocenters. The van der Waals surface area contributed by atoms with Crippen molar-refractivity contribution in [1.29, 1.82) is 0 Å². The highest BCUT2D eigenvalue weighted by molar-refractivity contribution is 6.01. The maximum Gasteiger partial charge on any atom is 0.127 e. The molecule has 0 amide bonds. The van der Waals surface area contributed by atoms with E-state index in [9.17, 15) is 9.90 Å². The summed E-state index contributed by atoms with van der Waals surface area (Å²) in [6.45, 7) is 3.88. The van der Waals surface area contributed by atoms with E-state index in [0.29, 0.717) is 5.69 Å². The average Bonchev–Trinajstić information content (AvgIpc) is 2.53. The lowest BCUT2D eigenvalue weighted by molar-refractivity contribution is -0.255. The molecule has 0 aromatic heterocycles. The van der Waals surface area contributed by atoms with Crippen molar-refractivity contribution < 1.29 is 14.6 Å². The van der Waals surface area contributed by atoms with Crippen LogP contribution in [-0.4, -0.2) is 18.8 Å². The first-order valence-corrected chi connectivity index (χ1v) is 6.78. The standard InChI is InChI=1S/C17H18N2O3/c1-11-4-9-16(22-3)15(10-11)12(2)18-19-14-7-5-13(6-8-14)17(20)21/h4-10,19H,1-3H3,(H,20,21)/p-1/b18-12-. The van der Waals surface area contributed by atoms with E-state index < -0.39 is 5.97 Å². The number of nitrogens with one attached hydrogen (secondary N) is 1. The number of carbonyl (C=O) groups is 1. The van der Waals surface area contributed by atoms with E-state index >= 15 is 0 Å². The maximum absolute atomic E-state index is 10.7. The van der Waals surface area contributed by atoms with Gasteiger partial charge in [0.25, 0.3) is 0 Å². The van der Waals surface area contributed by atoms with Gasteiger partial charge in [0.1, 0.15) is 5.75 Å². The monoisotopic (exact) mass is 297 g/mol. The summed E-state index contributed by atoms with van der Waals surface area (Å²) in [5.41, 5.74) is 6.51. The van der Waals surface area contributed by atoms with E-state index in [1.165, 1.54) is 12.1 Å². The lowest BCUT2D eigenvalue weighted by atomic mass is 10.1. The highest BCUT2D eigenvalue weighted by Crippen LogP contribution is 2.20. The van der Waals surface area contributed by atoms with Crippen molar-refractivity contribution in [2.75, 3.05) is 12.5 Å². The van der Waals surface area contributed by atoms with E-state index in [0.717, 1.165) is 22.6 Å². The molecule has 0 saturated carbocycles. The lowest BCUT2D eigenvalue weighted by Gasteiger charge is -2.10. The van der Waals surface area contributed by atoms with Crippen molar-refractivity contribution in [3.63, 3.8) is 0 Å². The highest BCUT2D eigenvalue weighted by atomic mass is 16.5. The zero-order valence-electron chi connectivity index (χ0n) is 12.7. The minimum absolute atomic E-state index is 0.131. The van der Waals surface area contributed by atoms with Crippen LogP contribution in [0.25, 0.3) is 0 Å². The molecule has 5 heteroatoms. The Morgan fingerprint density at radius 1 is 1.18 bits per heavy atom. The van der Waals surface area contributed by atoms with Crippen molar-refractivity contribution in [2.24, 2.45) is 5.10 Å². The Bertz CT molecular complexity index is 706. The van der Waals surface area contributed by atoms with Crippen LogP contribution in [0.3, 0.4) is 0 Å². The van der Waals surface area contributed by atoms with Gasteiger partial charge < -0.3 is 14.6 Å². The fourth-order valence-corrected chi connectivity index (χ4v) is 1.99. The first-order chi connectivity index (χ1) is 10.5. The van der Waals surface area contributed by atoms with Crippen LogP contribution in [0.4, 0.5) is 5.69 Å². The summed E-state index contributed by atoms with van der Waals surface area (Å²) in [6, 6.07) is 12.1. The molecule has 0 bridgehead atoms. The van der Waals surface area contributed by atoms with Gasteiger partial charge >= 0.3 is 0 Å². The third kappa shape index (κ3) is 3.63. The van der Waals surface area contributed by atoms with Gasteiger partial charge in [0.2, 0.25) is 0 Å². The van der Waals surface area contributed by atoms with Crippen molar-refractivity contribution in [1.82, 2.24) is 0 Å². The van der Waals surface area contributed by atoms with Crippen LogP contribution < -0.4 is 15.3 Å². The van der Waals surface area contributed by atoms with Crippen molar-refractivity contribution >= 4 is 17.4 Å². The van der Waals surface area contributed by atoms with Gasteiger partial charge in [0.15, 0.2) is 0 Å². The van der Waals surface area contributed by atoms with Gasteiger partial charge in [-0.2, -0.15) is 5.10 Å². The summed E-state index contributed by atoms with van der Waals surface area (Å²) in [6.07, 6.45) is 0. The molecule has 0 aliphatic rings. The number of carbonyl (C=O) groups excluding carboxylic acids is 1. The van der Waals surface area contributed by atoms with Crippen LogP contribution in [0.5, 0.6) is 5.75 Å². The largest absolute Gasteiger partial charge is 0.545 e. The molecule has 114 valence electrons. The number of methoxy groups -OCH3 is 1. The minimum Gasteiger partial charge on any atom is -0.545 e. The second-order valence-electron chi connectivity index (χ2n) is 4.88. The zero-order chi connectivity index (χ0) is 16.1. The number of carboxylic acids is 1. The van der Waals surface area contributed by atoms with E-state index in [1.807, 2.05) is 32.0 Å². The van der Waals surface area contributed by atoms with Gasteiger partial charge in [-0.25, -0.2) is 0 Å². The van der Waals surface area contributed by atoms with Crippen molar-refractivity contribution in [3.05, 3.63) is 59.2 Å². The molecule has 0 unspecified atom stereocenters. The molecule has 0 fully saturated rings. The van der Waals surface area contributed by atoms with Crippen LogP contribution >= 0.6 is 0 Å². The number of carboxylic acid groups (broad SMARTS) is 1. The van der Waals surface area contributed by atoms with Gasteiger partial charge in [-0.3, -0.25) is 5.43 Å². The number of benzene rings is 2. The summed E-state index contributed by atoms with van der Waals surface area (Å²) in [5.74, 6) is -0.448. The smallest absolute Gasteiger partial charge is 0.127 e. The number of nitrogens with zero attached hydrogens (tertiary/aromatic N) is 1. The Morgan fingerprint density at radius 3 is 2.45 bits per heavy atom. The summed E-state index contributed by atoms with van der Waals surface area (Å²) in [7, 11) is 1.62. The molecule has 0 heterocycles. The second kappa shape index (κ2) is 6.76. The molecule has 0 radical (unpaired) electrons. The number of rotatable bonds is 5. The molecule has 22 heavy (non-hydrogen) atoms. The van der Waals surface area contributed by atoms with Crippen molar-refractivity contribution in [2.45, 2.75) is 13.8 Å². The fourth-order valence-electron chi connectivity index (χ4n) is 1.99. The normalized spacial score (nSPS) is 11.1. The predicted molar refractivity (Wildman–Crippen MR) is 84.3 cm³/mol. The van der Waals surface area contributed by atoms with Crippen LogP contribution in [0.1, 0.15) is 28.4 Å². The Morgan fingerprint density at radius 2 is 1.86 bits per heavy atom. The molecule has 2 rings (SSSR count). The molecule has 0 aliphatic heterocycles. The summed E-state index contributed by atoms with van der Waals surface area (Å²) in [5, 5.41) is 15.0. The maximum atomic E-state index is 10.7. The molecular formula is C17H17N2O3-. The molecule has 0 aliphatic carbocycles. The summed E-state index contributed by atoms with van der Waals surface area (Å²) >= 11 is 0. The number of ether oxygens (including phenoxy) is 1. The number of aryl methyl sites for hydroxylation is 1. The van der Waals surface area contributed by atoms with Gasteiger partial charge in [0, 0.05) is 5.56 Å². The van der Waals surface area contributed by atoms with E-state index in [1.54, 1.807) is 19.2 Å². The van der Waals surface area contributed by atoms with E-state index in [-0.39, 0.29) is 5.56 Å². The molecule has 1 N–H and O–H groups in total. The number of anilines is 1.